The zero-order valence-electron chi connectivity index (χ0n) is 12.6. The van der Waals surface area contributed by atoms with Gasteiger partial charge in [0.05, 0.1) is 16.5 Å². The molecule has 2 rings (SSSR count). The predicted octanol–water partition coefficient (Wildman–Crippen LogP) is 2.33. The zero-order valence-corrected chi connectivity index (χ0v) is 13.4. The van der Waals surface area contributed by atoms with E-state index in [-0.39, 0.29) is 10.7 Å². The lowest BCUT2D eigenvalue weighted by atomic mass is 10.2. The number of anilines is 1. The molecule has 0 atom stereocenters. The van der Waals surface area contributed by atoms with Crippen LogP contribution in [0.1, 0.15) is 29.6 Å². The minimum absolute atomic E-state index is 0.0702. The van der Waals surface area contributed by atoms with E-state index in [4.69, 9.17) is 5.26 Å². The van der Waals surface area contributed by atoms with Gasteiger partial charge >= 0.3 is 0 Å². The molecular weight excluding hydrogens is 300 g/mol. The van der Waals surface area contributed by atoms with Gasteiger partial charge in [-0.1, -0.05) is 13.0 Å². The number of nitrogens with one attached hydrogen (secondary N) is 1. The molecule has 0 unspecified atom stereocenters. The number of hydrogen-bond donors (Lipinski definition) is 1. The predicted molar refractivity (Wildman–Crippen MR) is 82.8 cm³/mol. The van der Waals surface area contributed by atoms with E-state index in [9.17, 15) is 8.42 Å². The molecule has 0 spiro atoms. The van der Waals surface area contributed by atoms with Crippen molar-refractivity contribution >= 4 is 15.8 Å². The molecule has 0 saturated heterocycles. The summed E-state index contributed by atoms with van der Waals surface area (Å²) < 4.78 is 27.5. The molecule has 0 radical (unpaired) electrons. The van der Waals surface area contributed by atoms with Gasteiger partial charge in [-0.25, -0.2) is 18.4 Å². The number of nitrogens with zero attached hydrogens (tertiary/aromatic N) is 3. The van der Waals surface area contributed by atoms with Gasteiger partial charge in [-0.15, -0.1) is 0 Å². The molecule has 6 nitrogen and oxygen atoms in total. The van der Waals surface area contributed by atoms with Crippen LogP contribution < -0.4 is 4.72 Å². The lowest BCUT2D eigenvalue weighted by Crippen LogP contribution is -2.16. The van der Waals surface area contributed by atoms with Crippen LogP contribution in [0.15, 0.2) is 29.2 Å². The van der Waals surface area contributed by atoms with Crippen molar-refractivity contribution in [3.8, 4) is 6.07 Å². The van der Waals surface area contributed by atoms with Gasteiger partial charge in [-0.05, 0) is 38.0 Å². The average Bonchev–Trinajstić information content (AvgIpc) is 2.46. The third-order valence-electron chi connectivity index (χ3n) is 3.10. The van der Waals surface area contributed by atoms with Crippen molar-refractivity contribution in [2.75, 3.05) is 4.72 Å². The highest BCUT2D eigenvalue weighted by Crippen LogP contribution is 2.20. The van der Waals surface area contributed by atoms with Crippen LogP contribution in [0, 0.1) is 25.2 Å². The van der Waals surface area contributed by atoms with E-state index in [1.807, 2.05) is 13.0 Å². The molecule has 0 bridgehead atoms. The van der Waals surface area contributed by atoms with Gasteiger partial charge < -0.3 is 0 Å². The first-order chi connectivity index (χ1) is 10.4. The number of sulfonamides is 1. The summed E-state index contributed by atoms with van der Waals surface area (Å²) in [6.45, 7) is 5.32. The second-order valence-electron chi connectivity index (χ2n) is 4.84. The maximum absolute atomic E-state index is 12.5. The van der Waals surface area contributed by atoms with Crippen LogP contribution in [-0.4, -0.2) is 18.4 Å². The van der Waals surface area contributed by atoms with E-state index in [0.717, 1.165) is 5.69 Å². The number of aromatic nitrogens is 2. The number of hydrogen-bond acceptors (Lipinski definition) is 5. The zero-order chi connectivity index (χ0) is 16.3. The summed E-state index contributed by atoms with van der Waals surface area (Å²) in [6, 6.07) is 8.09. The Kier molecular flexibility index (Phi) is 4.43. The van der Waals surface area contributed by atoms with Crippen LogP contribution >= 0.6 is 0 Å². The van der Waals surface area contributed by atoms with Gasteiger partial charge in [-0.2, -0.15) is 5.26 Å². The highest BCUT2D eigenvalue weighted by atomic mass is 32.2. The maximum atomic E-state index is 12.5. The average molecular weight is 316 g/mol. The number of benzene rings is 1. The molecule has 1 aromatic heterocycles. The molecule has 1 N–H and O–H groups in total. The van der Waals surface area contributed by atoms with Crippen molar-refractivity contribution in [1.82, 2.24) is 9.97 Å². The van der Waals surface area contributed by atoms with Gasteiger partial charge in [-0.3, -0.25) is 4.72 Å². The second-order valence-corrected chi connectivity index (χ2v) is 6.49. The van der Waals surface area contributed by atoms with Gasteiger partial charge in [0.15, 0.2) is 0 Å². The molecule has 22 heavy (non-hydrogen) atoms. The first-order valence-corrected chi connectivity index (χ1v) is 8.22. The van der Waals surface area contributed by atoms with E-state index in [1.54, 1.807) is 32.0 Å². The molecule has 0 amide bonds. The maximum Gasteiger partial charge on any atom is 0.263 e. The SMILES string of the molecule is CCc1cc(NS(=O)(=O)c2cc(C#N)ccc2C)nc(C)n1. The third-order valence-corrected chi connectivity index (χ3v) is 4.60. The van der Waals surface area contributed by atoms with Crippen molar-refractivity contribution in [3.05, 3.63) is 46.9 Å². The Balaban J connectivity index is 2.44. The summed E-state index contributed by atoms with van der Waals surface area (Å²) >= 11 is 0. The Morgan fingerprint density at radius 3 is 2.59 bits per heavy atom. The standard InChI is InChI=1S/C15H16N4O2S/c1-4-13-8-15(18-11(3)17-13)19-22(20,21)14-7-12(9-16)6-5-10(14)2/h5-8H,4H2,1-3H3,(H,17,18,19). The summed E-state index contributed by atoms with van der Waals surface area (Å²) in [4.78, 5) is 8.38. The smallest absolute Gasteiger partial charge is 0.263 e. The van der Waals surface area contributed by atoms with Crippen molar-refractivity contribution in [3.63, 3.8) is 0 Å². The van der Waals surface area contributed by atoms with Crippen LogP contribution in [0.5, 0.6) is 0 Å². The molecule has 1 aromatic carbocycles. The Morgan fingerprint density at radius 1 is 1.23 bits per heavy atom. The van der Waals surface area contributed by atoms with E-state index >= 15 is 0 Å². The topological polar surface area (TPSA) is 95.7 Å². The fraction of sp³-hybridized carbons (Fsp3) is 0.267. The van der Waals surface area contributed by atoms with Gasteiger partial charge in [0.25, 0.3) is 10.0 Å². The summed E-state index contributed by atoms with van der Waals surface area (Å²) in [5.74, 6) is 0.727. The molecule has 7 heteroatoms. The number of nitriles is 1. The van der Waals surface area contributed by atoms with Crippen LogP contribution in [0.4, 0.5) is 5.82 Å². The molecular formula is C15H16N4O2S. The van der Waals surface area contributed by atoms with E-state index in [1.165, 1.54) is 6.07 Å². The Morgan fingerprint density at radius 2 is 1.95 bits per heavy atom. The Labute approximate surface area is 129 Å². The monoisotopic (exact) mass is 316 g/mol. The van der Waals surface area contributed by atoms with Crippen molar-refractivity contribution in [2.45, 2.75) is 32.1 Å². The Hall–Kier alpha value is -2.46. The summed E-state index contributed by atoms with van der Waals surface area (Å²) in [6.07, 6.45) is 0.682. The molecule has 2 aromatic rings. The van der Waals surface area contributed by atoms with Crippen molar-refractivity contribution < 1.29 is 8.42 Å². The number of rotatable bonds is 4. The van der Waals surface area contributed by atoms with Gasteiger partial charge in [0, 0.05) is 11.8 Å². The molecule has 0 fully saturated rings. The Bertz CT molecular complexity index is 854. The third kappa shape index (κ3) is 3.40. The minimum Gasteiger partial charge on any atom is -0.263 e. The van der Waals surface area contributed by atoms with Crippen LogP contribution in [0.2, 0.25) is 0 Å². The van der Waals surface area contributed by atoms with E-state index < -0.39 is 10.0 Å². The van der Waals surface area contributed by atoms with Crippen molar-refractivity contribution in [2.24, 2.45) is 0 Å². The molecule has 0 aliphatic rings. The van der Waals surface area contributed by atoms with E-state index in [0.29, 0.717) is 23.4 Å². The largest absolute Gasteiger partial charge is 0.263 e. The first-order valence-electron chi connectivity index (χ1n) is 6.74. The molecule has 0 aliphatic carbocycles. The van der Waals surface area contributed by atoms with E-state index in [2.05, 4.69) is 14.7 Å². The fourth-order valence-corrected chi connectivity index (χ4v) is 3.28. The normalized spacial score (nSPS) is 11.0. The highest BCUT2D eigenvalue weighted by molar-refractivity contribution is 7.92. The summed E-state index contributed by atoms with van der Waals surface area (Å²) in [5.41, 5.74) is 1.61. The number of aryl methyl sites for hydroxylation is 3. The molecule has 114 valence electrons. The lowest BCUT2D eigenvalue weighted by Gasteiger charge is -2.11. The molecule has 0 saturated carbocycles. The van der Waals surface area contributed by atoms with Crippen LogP contribution in [-0.2, 0) is 16.4 Å². The second kappa shape index (κ2) is 6.12. The fourth-order valence-electron chi connectivity index (χ4n) is 2.01. The van der Waals surface area contributed by atoms with Gasteiger partial charge in [0.1, 0.15) is 11.6 Å². The molecule has 1 heterocycles. The summed E-state index contributed by atoms with van der Waals surface area (Å²) in [5, 5.41) is 8.93. The van der Waals surface area contributed by atoms with Crippen LogP contribution in [0.25, 0.3) is 0 Å². The summed E-state index contributed by atoms with van der Waals surface area (Å²) in [7, 11) is -3.81. The quantitative estimate of drug-likeness (QED) is 0.934. The lowest BCUT2D eigenvalue weighted by molar-refractivity contribution is 0.600. The van der Waals surface area contributed by atoms with Crippen molar-refractivity contribution in [1.29, 1.82) is 5.26 Å². The van der Waals surface area contributed by atoms with Gasteiger partial charge in [0.2, 0.25) is 0 Å². The van der Waals surface area contributed by atoms with Crippen LogP contribution in [0.3, 0.4) is 0 Å². The minimum atomic E-state index is -3.81. The highest BCUT2D eigenvalue weighted by Gasteiger charge is 2.18. The first kappa shape index (κ1) is 15.9. The molecule has 0 aliphatic heterocycles.